The predicted molar refractivity (Wildman–Crippen MR) is 120 cm³/mol. The van der Waals surface area contributed by atoms with Crippen molar-refractivity contribution >= 4 is 17.0 Å². The van der Waals surface area contributed by atoms with E-state index in [1.54, 1.807) is 0 Å². The molecule has 1 aliphatic rings. The third-order valence-electron chi connectivity index (χ3n) is 5.72. The average Bonchev–Trinajstić information content (AvgIpc) is 3.39. The number of aromatic nitrogens is 4. The van der Waals surface area contributed by atoms with Crippen molar-refractivity contribution in [3.63, 3.8) is 0 Å². The van der Waals surface area contributed by atoms with E-state index in [0.29, 0.717) is 35.8 Å². The van der Waals surface area contributed by atoms with Crippen LogP contribution in [0.1, 0.15) is 23.2 Å². The minimum atomic E-state index is -1.73. The molecule has 2 aromatic carbocycles. The van der Waals surface area contributed by atoms with Gasteiger partial charge in [0.1, 0.15) is 18.0 Å². The highest BCUT2D eigenvalue weighted by molar-refractivity contribution is 5.83. The van der Waals surface area contributed by atoms with E-state index < -0.39 is 31.2 Å². The zero-order chi connectivity index (χ0) is 22.8. The number of fused-ring (bicyclic) bond motifs is 1. The summed E-state index contributed by atoms with van der Waals surface area (Å²) in [6, 6.07) is 19.7. The number of benzene rings is 2. The van der Waals surface area contributed by atoms with E-state index in [9.17, 15) is 14.6 Å². The Hall–Kier alpha value is -3.40. The molecule has 2 aromatic heterocycles. The topological polar surface area (TPSA) is 105 Å². The monoisotopic (exact) mass is 449 g/mol. The minimum absolute atomic E-state index is 0.393. The molecule has 33 heavy (non-hydrogen) atoms. The number of ether oxygens (including phenoxy) is 1. The van der Waals surface area contributed by atoms with E-state index in [1.807, 2.05) is 60.7 Å². The van der Waals surface area contributed by atoms with Crippen LogP contribution in [0.3, 0.4) is 0 Å². The number of hydrogen-bond acceptors (Lipinski definition) is 7. The van der Waals surface area contributed by atoms with Crippen molar-refractivity contribution in [3.8, 4) is 0 Å². The van der Waals surface area contributed by atoms with Crippen molar-refractivity contribution in [2.75, 3.05) is 11.9 Å². The summed E-state index contributed by atoms with van der Waals surface area (Å²) in [6.07, 6.45) is -3.41. The summed E-state index contributed by atoms with van der Waals surface area (Å²) in [4.78, 5) is 13.8. The van der Waals surface area contributed by atoms with Gasteiger partial charge >= 0.3 is 0 Å². The van der Waals surface area contributed by atoms with E-state index in [2.05, 4.69) is 15.3 Å². The maximum atomic E-state index is 14.8. The number of nitrogens with one attached hydrogen (secondary N) is 1. The molecule has 0 saturated carbocycles. The van der Waals surface area contributed by atoms with Crippen LogP contribution in [0.15, 0.2) is 67.0 Å². The van der Waals surface area contributed by atoms with Crippen molar-refractivity contribution in [2.45, 2.75) is 37.6 Å². The van der Waals surface area contributed by atoms with Crippen LogP contribution in [0.2, 0.25) is 0 Å². The predicted octanol–water partition coefficient (Wildman–Crippen LogP) is 2.62. The standard InChI is InChI=1S/C24H24FN5O3/c25-19-21(32)17(13-31)33-24(19)30-14-27-20-22(26-12-16-9-5-2-6-10-16)28-18(29-23(20)30)11-15-7-3-1-4-8-15/h1-10,14,17,19,21,24,31-32H,11-13H2,(H,26,28,29)/t17-,19+,21-,24-/m1/s1. The Morgan fingerprint density at radius 1 is 1.00 bits per heavy atom. The van der Waals surface area contributed by atoms with Gasteiger partial charge in [0, 0.05) is 13.0 Å². The van der Waals surface area contributed by atoms with Crippen LogP contribution in [-0.4, -0.2) is 54.7 Å². The Bertz CT molecular complexity index is 1220. The van der Waals surface area contributed by atoms with E-state index in [4.69, 9.17) is 9.72 Å². The van der Waals surface area contributed by atoms with Crippen molar-refractivity contribution in [1.29, 1.82) is 0 Å². The fourth-order valence-corrected chi connectivity index (χ4v) is 3.99. The maximum Gasteiger partial charge on any atom is 0.173 e. The van der Waals surface area contributed by atoms with Crippen LogP contribution >= 0.6 is 0 Å². The molecule has 4 atom stereocenters. The van der Waals surface area contributed by atoms with Gasteiger partial charge in [0.05, 0.1) is 12.9 Å². The Balaban J connectivity index is 1.53. The Morgan fingerprint density at radius 2 is 1.70 bits per heavy atom. The molecule has 1 aliphatic heterocycles. The zero-order valence-electron chi connectivity index (χ0n) is 17.8. The van der Waals surface area contributed by atoms with Crippen LogP contribution in [0.25, 0.3) is 11.2 Å². The fourth-order valence-electron chi connectivity index (χ4n) is 3.99. The third-order valence-corrected chi connectivity index (χ3v) is 5.72. The average molecular weight is 449 g/mol. The van der Waals surface area contributed by atoms with Gasteiger partial charge < -0.3 is 20.3 Å². The first-order chi connectivity index (χ1) is 16.1. The summed E-state index contributed by atoms with van der Waals surface area (Å²) in [6.45, 7) is 0.0460. The molecule has 0 aliphatic carbocycles. The molecule has 1 fully saturated rings. The number of alkyl halides is 1. The lowest BCUT2D eigenvalue weighted by atomic mass is 10.1. The van der Waals surface area contributed by atoms with Crippen molar-refractivity contribution in [3.05, 3.63) is 83.9 Å². The first-order valence-electron chi connectivity index (χ1n) is 10.8. The SMILES string of the molecule is OC[C@H]1O[C@@H](n2cnc3c(NCc4ccccc4)nc(Cc4ccccc4)nc32)[C@@H](F)[C@@H]1O. The zero-order valence-corrected chi connectivity index (χ0v) is 17.8. The molecule has 3 N–H and O–H groups in total. The van der Waals surface area contributed by atoms with Gasteiger partial charge in [0.15, 0.2) is 29.4 Å². The molecular weight excluding hydrogens is 425 g/mol. The summed E-state index contributed by atoms with van der Waals surface area (Å²) >= 11 is 0. The van der Waals surface area contributed by atoms with Crippen LogP contribution < -0.4 is 5.32 Å². The molecule has 4 aromatic rings. The summed E-state index contributed by atoms with van der Waals surface area (Å²) < 4.78 is 21.9. The van der Waals surface area contributed by atoms with E-state index >= 15 is 0 Å². The fraction of sp³-hybridized carbons (Fsp3) is 0.292. The number of hydrogen-bond donors (Lipinski definition) is 3. The van der Waals surface area contributed by atoms with Crippen molar-refractivity contribution in [2.24, 2.45) is 0 Å². The smallest absolute Gasteiger partial charge is 0.173 e. The van der Waals surface area contributed by atoms with Crippen LogP contribution in [0.5, 0.6) is 0 Å². The Morgan fingerprint density at radius 3 is 2.36 bits per heavy atom. The van der Waals surface area contributed by atoms with E-state index in [1.165, 1.54) is 10.9 Å². The molecule has 0 spiro atoms. The number of anilines is 1. The molecule has 9 heteroatoms. The lowest BCUT2D eigenvalue weighted by Gasteiger charge is -2.16. The van der Waals surface area contributed by atoms with Crippen LogP contribution in [0.4, 0.5) is 10.2 Å². The minimum Gasteiger partial charge on any atom is -0.394 e. The Kier molecular flexibility index (Phi) is 5.99. The van der Waals surface area contributed by atoms with Crippen LogP contribution in [-0.2, 0) is 17.7 Å². The van der Waals surface area contributed by atoms with Gasteiger partial charge in [0.2, 0.25) is 0 Å². The molecule has 0 radical (unpaired) electrons. The maximum absolute atomic E-state index is 14.8. The highest BCUT2D eigenvalue weighted by atomic mass is 19.1. The molecule has 170 valence electrons. The number of aliphatic hydroxyl groups is 2. The summed E-state index contributed by atoms with van der Waals surface area (Å²) in [5.41, 5.74) is 2.98. The summed E-state index contributed by atoms with van der Waals surface area (Å²) in [5.74, 6) is 1.07. The van der Waals surface area contributed by atoms with Crippen LogP contribution in [0, 0.1) is 0 Å². The molecule has 0 bridgehead atoms. The van der Waals surface area contributed by atoms with Gasteiger partial charge in [-0.3, -0.25) is 4.57 Å². The first-order valence-corrected chi connectivity index (χ1v) is 10.8. The highest BCUT2D eigenvalue weighted by Gasteiger charge is 2.45. The first kappa shape index (κ1) is 21.4. The second kappa shape index (κ2) is 9.22. The largest absolute Gasteiger partial charge is 0.394 e. The van der Waals surface area contributed by atoms with E-state index in [0.717, 1.165) is 11.1 Å². The quantitative estimate of drug-likeness (QED) is 0.398. The molecule has 0 amide bonds. The van der Waals surface area contributed by atoms with Crippen molar-refractivity contribution < 1.29 is 19.3 Å². The third kappa shape index (κ3) is 4.30. The normalized spacial score (nSPS) is 22.6. The number of imidazole rings is 1. The molecular formula is C24H24FN5O3. The van der Waals surface area contributed by atoms with Gasteiger partial charge in [-0.25, -0.2) is 19.3 Å². The number of halogens is 1. The highest BCUT2D eigenvalue weighted by Crippen LogP contribution is 2.34. The van der Waals surface area contributed by atoms with Gasteiger partial charge in [-0.05, 0) is 11.1 Å². The van der Waals surface area contributed by atoms with Gasteiger partial charge in [0.25, 0.3) is 0 Å². The molecule has 5 rings (SSSR count). The molecule has 0 unspecified atom stereocenters. The second-order valence-electron chi connectivity index (χ2n) is 8.00. The van der Waals surface area contributed by atoms with Gasteiger partial charge in [-0.1, -0.05) is 60.7 Å². The second-order valence-corrected chi connectivity index (χ2v) is 8.00. The molecule has 3 heterocycles. The summed E-state index contributed by atoms with van der Waals surface area (Å²) in [5, 5.41) is 22.8. The number of nitrogens with zero attached hydrogens (tertiary/aromatic N) is 4. The van der Waals surface area contributed by atoms with Gasteiger partial charge in [-0.15, -0.1) is 0 Å². The van der Waals surface area contributed by atoms with E-state index in [-0.39, 0.29) is 0 Å². The summed E-state index contributed by atoms with van der Waals surface area (Å²) in [7, 11) is 0. The molecule has 1 saturated heterocycles. The lowest BCUT2D eigenvalue weighted by Crippen LogP contribution is -2.30. The number of rotatable bonds is 7. The lowest BCUT2D eigenvalue weighted by molar-refractivity contribution is -0.0459. The van der Waals surface area contributed by atoms with Gasteiger partial charge in [-0.2, -0.15) is 0 Å². The molecule has 8 nitrogen and oxygen atoms in total. The number of aliphatic hydroxyl groups excluding tert-OH is 2. The van der Waals surface area contributed by atoms with Crippen molar-refractivity contribution in [1.82, 2.24) is 19.5 Å². The Labute approximate surface area is 189 Å².